The van der Waals surface area contributed by atoms with Crippen LogP contribution in [0.5, 0.6) is 5.75 Å². The second kappa shape index (κ2) is 6.09. The third-order valence-electron chi connectivity index (χ3n) is 3.74. The normalized spacial score (nSPS) is 16.6. The molecule has 1 heterocycles. The van der Waals surface area contributed by atoms with E-state index >= 15 is 0 Å². The molecule has 0 aromatic heterocycles. The summed E-state index contributed by atoms with van der Waals surface area (Å²) < 4.78 is 29.6. The molecule has 0 saturated carbocycles. The summed E-state index contributed by atoms with van der Waals surface area (Å²) in [6.45, 7) is 3.67. The number of methoxy groups -OCH3 is 1. The van der Waals surface area contributed by atoms with Gasteiger partial charge in [0, 0.05) is 44.0 Å². The van der Waals surface area contributed by atoms with Crippen LogP contribution in [0, 0.1) is 17.0 Å². The number of nitrogens with zero attached hydrogens (tertiary/aromatic N) is 3. The average molecular weight is 329 g/mol. The highest BCUT2D eigenvalue weighted by molar-refractivity contribution is 7.88. The minimum atomic E-state index is -3.18. The standard InChI is InChI=1S/C13H19N3O5S/c1-10-8-12(16(17)18)13(21-2)9-11(10)14-4-6-15(7-5-14)22(3,19)20/h8-9H,4-7H2,1-3H3. The highest BCUT2D eigenvalue weighted by Gasteiger charge is 2.26. The lowest BCUT2D eigenvalue weighted by molar-refractivity contribution is -0.385. The smallest absolute Gasteiger partial charge is 0.311 e. The molecule has 9 heteroatoms. The second-order valence-corrected chi connectivity index (χ2v) is 7.20. The molecule has 1 aliphatic heterocycles. The summed E-state index contributed by atoms with van der Waals surface area (Å²) in [7, 11) is -1.79. The van der Waals surface area contributed by atoms with E-state index in [-0.39, 0.29) is 11.4 Å². The molecular formula is C13H19N3O5S. The van der Waals surface area contributed by atoms with Crippen LogP contribution in [0.15, 0.2) is 12.1 Å². The van der Waals surface area contributed by atoms with Crippen LogP contribution in [0.25, 0.3) is 0 Å². The first-order chi connectivity index (χ1) is 10.2. The summed E-state index contributed by atoms with van der Waals surface area (Å²) in [6, 6.07) is 3.13. The van der Waals surface area contributed by atoms with E-state index in [0.717, 1.165) is 11.3 Å². The van der Waals surface area contributed by atoms with Gasteiger partial charge in [-0.1, -0.05) is 0 Å². The maximum Gasteiger partial charge on any atom is 0.311 e. The Morgan fingerprint density at radius 3 is 2.27 bits per heavy atom. The highest BCUT2D eigenvalue weighted by Crippen LogP contribution is 2.35. The molecule has 2 rings (SSSR count). The minimum absolute atomic E-state index is 0.0708. The van der Waals surface area contributed by atoms with Gasteiger partial charge in [-0.15, -0.1) is 0 Å². The number of ether oxygens (including phenoxy) is 1. The summed E-state index contributed by atoms with van der Waals surface area (Å²) in [6.07, 6.45) is 1.20. The fraction of sp³-hybridized carbons (Fsp3) is 0.538. The molecule has 0 atom stereocenters. The lowest BCUT2D eigenvalue weighted by Gasteiger charge is -2.35. The lowest BCUT2D eigenvalue weighted by Crippen LogP contribution is -2.48. The molecule has 0 amide bonds. The van der Waals surface area contributed by atoms with Crippen molar-refractivity contribution < 1.29 is 18.1 Å². The molecule has 0 bridgehead atoms. The van der Waals surface area contributed by atoms with E-state index in [2.05, 4.69) is 0 Å². The molecule has 0 radical (unpaired) electrons. The highest BCUT2D eigenvalue weighted by atomic mass is 32.2. The molecule has 1 aliphatic rings. The van der Waals surface area contributed by atoms with Crippen LogP contribution in [0.4, 0.5) is 11.4 Å². The first kappa shape index (κ1) is 16.5. The predicted octanol–water partition coefficient (Wildman–Crippen LogP) is 0.993. The number of rotatable bonds is 4. The van der Waals surface area contributed by atoms with Crippen molar-refractivity contribution in [2.45, 2.75) is 6.92 Å². The lowest BCUT2D eigenvalue weighted by atomic mass is 10.1. The number of sulfonamides is 1. The Balaban J connectivity index is 2.26. The minimum Gasteiger partial charge on any atom is -0.490 e. The SMILES string of the molecule is COc1cc(N2CCN(S(C)(=O)=O)CC2)c(C)cc1[N+](=O)[O-]. The summed E-state index contributed by atoms with van der Waals surface area (Å²) in [5, 5.41) is 11.0. The first-order valence-corrected chi connectivity index (χ1v) is 8.62. The fourth-order valence-corrected chi connectivity index (χ4v) is 3.40. The number of nitro benzene ring substituents is 1. The molecule has 22 heavy (non-hydrogen) atoms. The molecule has 1 saturated heterocycles. The summed E-state index contributed by atoms with van der Waals surface area (Å²) >= 11 is 0. The van der Waals surface area contributed by atoms with Crippen molar-refractivity contribution >= 4 is 21.4 Å². The van der Waals surface area contributed by atoms with Gasteiger partial charge in [0.1, 0.15) is 0 Å². The van der Waals surface area contributed by atoms with E-state index in [0.29, 0.717) is 26.2 Å². The van der Waals surface area contributed by atoms with Crippen molar-refractivity contribution in [1.82, 2.24) is 4.31 Å². The zero-order chi connectivity index (χ0) is 16.5. The molecule has 0 aliphatic carbocycles. The van der Waals surface area contributed by atoms with Crippen LogP contribution < -0.4 is 9.64 Å². The molecule has 1 aromatic rings. The van der Waals surface area contributed by atoms with Crippen LogP contribution in [-0.4, -0.2) is 57.2 Å². The summed E-state index contributed by atoms with van der Waals surface area (Å²) in [4.78, 5) is 12.6. The molecule has 122 valence electrons. The molecule has 0 N–H and O–H groups in total. The van der Waals surface area contributed by atoms with E-state index in [1.165, 1.54) is 23.7 Å². The third kappa shape index (κ3) is 3.30. The van der Waals surface area contributed by atoms with Crippen molar-refractivity contribution in [3.63, 3.8) is 0 Å². The van der Waals surface area contributed by atoms with Gasteiger partial charge in [-0.25, -0.2) is 8.42 Å². The van der Waals surface area contributed by atoms with E-state index in [9.17, 15) is 18.5 Å². The summed E-state index contributed by atoms with van der Waals surface area (Å²) in [5.74, 6) is 0.205. The number of benzene rings is 1. The van der Waals surface area contributed by atoms with E-state index < -0.39 is 14.9 Å². The van der Waals surface area contributed by atoms with Gasteiger partial charge >= 0.3 is 5.69 Å². The molecule has 1 aromatic carbocycles. The van der Waals surface area contributed by atoms with Gasteiger partial charge in [0.05, 0.1) is 18.3 Å². The number of piperazine rings is 1. The zero-order valence-corrected chi connectivity index (χ0v) is 13.6. The Morgan fingerprint density at radius 1 is 1.23 bits per heavy atom. The van der Waals surface area contributed by atoms with Crippen LogP contribution in [0.1, 0.15) is 5.56 Å². The van der Waals surface area contributed by atoms with Crippen molar-refractivity contribution in [2.24, 2.45) is 0 Å². The number of anilines is 1. The van der Waals surface area contributed by atoms with Gasteiger partial charge < -0.3 is 9.64 Å². The second-order valence-electron chi connectivity index (χ2n) is 5.22. The van der Waals surface area contributed by atoms with Crippen molar-refractivity contribution in [1.29, 1.82) is 0 Å². The van der Waals surface area contributed by atoms with Crippen molar-refractivity contribution in [3.8, 4) is 5.75 Å². The predicted molar refractivity (Wildman–Crippen MR) is 83.0 cm³/mol. The number of hydrogen-bond acceptors (Lipinski definition) is 6. The van der Waals surface area contributed by atoms with Gasteiger partial charge in [-0.2, -0.15) is 4.31 Å². The van der Waals surface area contributed by atoms with Gasteiger partial charge in [-0.3, -0.25) is 10.1 Å². The average Bonchev–Trinajstić information content (AvgIpc) is 2.46. The zero-order valence-electron chi connectivity index (χ0n) is 12.8. The topological polar surface area (TPSA) is 93.0 Å². The van der Waals surface area contributed by atoms with Gasteiger partial charge in [0.2, 0.25) is 10.0 Å². The third-order valence-corrected chi connectivity index (χ3v) is 5.05. The largest absolute Gasteiger partial charge is 0.490 e. The van der Waals surface area contributed by atoms with E-state index in [1.807, 2.05) is 4.90 Å². The monoisotopic (exact) mass is 329 g/mol. The van der Waals surface area contributed by atoms with Crippen molar-refractivity contribution in [3.05, 3.63) is 27.8 Å². The molecule has 0 spiro atoms. The maximum atomic E-state index is 11.5. The first-order valence-electron chi connectivity index (χ1n) is 6.77. The number of aryl methyl sites for hydroxylation is 1. The molecule has 0 unspecified atom stereocenters. The number of hydrogen-bond donors (Lipinski definition) is 0. The van der Waals surface area contributed by atoms with E-state index in [4.69, 9.17) is 4.74 Å². The Bertz CT molecular complexity index is 681. The van der Waals surface area contributed by atoms with Crippen LogP contribution in [0.3, 0.4) is 0 Å². The van der Waals surface area contributed by atoms with Gasteiger partial charge in [0.25, 0.3) is 0 Å². The summed E-state index contributed by atoms with van der Waals surface area (Å²) in [5.41, 5.74) is 1.52. The Morgan fingerprint density at radius 2 is 1.82 bits per heavy atom. The number of nitro groups is 1. The van der Waals surface area contributed by atoms with Gasteiger partial charge in [-0.05, 0) is 12.5 Å². The Labute approximate surface area is 129 Å². The van der Waals surface area contributed by atoms with Crippen LogP contribution in [0.2, 0.25) is 0 Å². The molecule has 1 fully saturated rings. The van der Waals surface area contributed by atoms with E-state index in [1.54, 1.807) is 13.0 Å². The molecular weight excluding hydrogens is 310 g/mol. The molecule has 8 nitrogen and oxygen atoms in total. The maximum absolute atomic E-state index is 11.5. The quantitative estimate of drug-likeness (QED) is 0.604. The Hall–Kier alpha value is -1.87. The van der Waals surface area contributed by atoms with Gasteiger partial charge in [0.15, 0.2) is 5.75 Å². The van der Waals surface area contributed by atoms with Crippen LogP contribution in [-0.2, 0) is 10.0 Å². The van der Waals surface area contributed by atoms with Crippen LogP contribution >= 0.6 is 0 Å². The van der Waals surface area contributed by atoms with Crippen molar-refractivity contribution in [2.75, 3.05) is 44.4 Å². The fourth-order valence-electron chi connectivity index (χ4n) is 2.57. The Kier molecular flexibility index (Phi) is 4.57.